The monoisotopic (exact) mass is 406 g/mol. The van der Waals surface area contributed by atoms with Gasteiger partial charge in [-0.05, 0) is 24.0 Å². The minimum atomic E-state index is -0.284. The van der Waals surface area contributed by atoms with Crippen LogP contribution >= 0.6 is 0 Å². The molecule has 0 aliphatic rings. The van der Waals surface area contributed by atoms with Gasteiger partial charge in [-0.2, -0.15) is 10.2 Å². The Morgan fingerprint density at radius 1 is 0.667 bits per heavy atom. The lowest BCUT2D eigenvalue weighted by Crippen LogP contribution is -2.24. The lowest BCUT2D eigenvalue weighted by atomic mass is 10.1. The first-order chi connectivity index (χ1) is 14.6. The highest BCUT2D eigenvalue weighted by atomic mass is 16.2. The van der Waals surface area contributed by atoms with Crippen LogP contribution in [-0.4, -0.2) is 23.2 Å². The van der Waals surface area contributed by atoms with Crippen molar-refractivity contribution in [3.8, 4) is 0 Å². The van der Waals surface area contributed by atoms with Crippen molar-refractivity contribution in [2.45, 2.75) is 52.4 Å². The van der Waals surface area contributed by atoms with Crippen LogP contribution in [0.15, 0.2) is 70.9 Å². The van der Waals surface area contributed by atoms with Crippen LogP contribution in [0.1, 0.15) is 50.7 Å². The van der Waals surface area contributed by atoms with E-state index in [2.05, 4.69) is 21.1 Å². The van der Waals surface area contributed by atoms with E-state index < -0.39 is 0 Å². The average Bonchev–Trinajstić information content (AvgIpc) is 2.79. The third kappa shape index (κ3) is 8.82. The zero-order valence-corrected chi connectivity index (χ0v) is 17.7. The molecule has 2 aromatic rings. The lowest BCUT2D eigenvalue weighted by Gasteiger charge is -2.06. The summed E-state index contributed by atoms with van der Waals surface area (Å²) in [5, 5.41) is 8.42. The molecule has 0 radical (unpaired) electrons. The van der Waals surface area contributed by atoms with Gasteiger partial charge in [0.2, 0.25) is 11.8 Å². The van der Waals surface area contributed by atoms with E-state index in [1.807, 2.05) is 74.5 Å². The molecule has 0 aliphatic carbocycles. The molecule has 0 saturated heterocycles. The summed E-state index contributed by atoms with van der Waals surface area (Å²) in [5.41, 5.74) is 9.17. The minimum Gasteiger partial charge on any atom is -0.273 e. The molecule has 0 unspecified atom stereocenters. The Balaban J connectivity index is 1.75. The van der Waals surface area contributed by atoms with Crippen LogP contribution in [0.4, 0.5) is 0 Å². The number of carbonyl (C=O) groups excluding carboxylic acids is 2. The van der Waals surface area contributed by atoms with Crippen molar-refractivity contribution in [3.05, 3.63) is 71.8 Å². The number of nitrogens with zero attached hydrogens (tertiary/aromatic N) is 2. The summed E-state index contributed by atoms with van der Waals surface area (Å²) in [7, 11) is 0. The SMILES string of the molecule is CC/C(Cc1ccccc1)=N/NC(=O)CCC(=O)N/N=C(/CC)Cc1ccccc1. The highest BCUT2D eigenvalue weighted by molar-refractivity contribution is 5.90. The highest BCUT2D eigenvalue weighted by Crippen LogP contribution is 2.04. The number of hydrazone groups is 2. The molecule has 2 amide bonds. The number of rotatable bonds is 11. The van der Waals surface area contributed by atoms with Crippen LogP contribution < -0.4 is 10.9 Å². The van der Waals surface area contributed by atoms with Gasteiger partial charge >= 0.3 is 0 Å². The molecular weight excluding hydrogens is 376 g/mol. The second-order valence-electron chi connectivity index (χ2n) is 6.96. The quantitative estimate of drug-likeness (QED) is 0.436. The zero-order chi connectivity index (χ0) is 21.6. The van der Waals surface area contributed by atoms with Crippen molar-refractivity contribution in [2.75, 3.05) is 0 Å². The van der Waals surface area contributed by atoms with Crippen LogP contribution in [0.3, 0.4) is 0 Å². The maximum atomic E-state index is 12.0. The lowest BCUT2D eigenvalue weighted by molar-refractivity contribution is -0.126. The second kappa shape index (κ2) is 13.0. The molecule has 0 spiro atoms. The van der Waals surface area contributed by atoms with Crippen molar-refractivity contribution < 1.29 is 9.59 Å². The Morgan fingerprint density at radius 2 is 1.03 bits per heavy atom. The molecule has 30 heavy (non-hydrogen) atoms. The number of amides is 2. The van der Waals surface area contributed by atoms with Crippen LogP contribution in [0, 0.1) is 0 Å². The predicted molar refractivity (Wildman–Crippen MR) is 121 cm³/mol. The fraction of sp³-hybridized carbons (Fsp3) is 0.333. The number of hydrogen-bond acceptors (Lipinski definition) is 4. The van der Waals surface area contributed by atoms with E-state index >= 15 is 0 Å². The van der Waals surface area contributed by atoms with E-state index in [1.54, 1.807) is 0 Å². The van der Waals surface area contributed by atoms with E-state index in [0.29, 0.717) is 12.8 Å². The third-order valence-corrected chi connectivity index (χ3v) is 4.57. The molecule has 0 aromatic heterocycles. The molecule has 0 fully saturated rings. The molecule has 6 heteroatoms. The third-order valence-electron chi connectivity index (χ3n) is 4.57. The highest BCUT2D eigenvalue weighted by Gasteiger charge is 2.07. The minimum absolute atomic E-state index is 0.0628. The van der Waals surface area contributed by atoms with Crippen molar-refractivity contribution >= 4 is 23.2 Å². The number of nitrogens with one attached hydrogen (secondary N) is 2. The first-order valence-corrected chi connectivity index (χ1v) is 10.4. The Bertz CT molecular complexity index is 788. The Kier molecular flexibility index (Phi) is 10.00. The van der Waals surface area contributed by atoms with Gasteiger partial charge in [0.25, 0.3) is 0 Å². The maximum absolute atomic E-state index is 12.0. The first-order valence-electron chi connectivity index (χ1n) is 10.4. The molecule has 0 saturated carbocycles. The van der Waals surface area contributed by atoms with E-state index in [1.165, 1.54) is 0 Å². The normalized spacial score (nSPS) is 11.8. The Morgan fingerprint density at radius 3 is 1.37 bits per heavy atom. The van der Waals surface area contributed by atoms with Gasteiger partial charge in [0.15, 0.2) is 0 Å². The van der Waals surface area contributed by atoms with E-state index in [9.17, 15) is 9.59 Å². The van der Waals surface area contributed by atoms with Gasteiger partial charge in [-0.25, -0.2) is 10.9 Å². The van der Waals surface area contributed by atoms with Gasteiger partial charge in [-0.15, -0.1) is 0 Å². The maximum Gasteiger partial charge on any atom is 0.240 e. The fourth-order valence-electron chi connectivity index (χ4n) is 2.77. The smallest absolute Gasteiger partial charge is 0.240 e. The summed E-state index contributed by atoms with van der Waals surface area (Å²) in [6, 6.07) is 20.0. The van der Waals surface area contributed by atoms with Gasteiger partial charge in [0.1, 0.15) is 0 Å². The van der Waals surface area contributed by atoms with Gasteiger partial charge in [-0.3, -0.25) is 9.59 Å². The van der Waals surface area contributed by atoms with E-state index in [0.717, 1.165) is 35.4 Å². The fourth-order valence-corrected chi connectivity index (χ4v) is 2.77. The number of benzene rings is 2. The molecule has 2 rings (SSSR count). The second-order valence-corrected chi connectivity index (χ2v) is 6.96. The first kappa shape index (κ1) is 23.0. The molecule has 158 valence electrons. The van der Waals surface area contributed by atoms with Gasteiger partial charge in [-0.1, -0.05) is 74.5 Å². The van der Waals surface area contributed by atoms with Crippen LogP contribution in [0.25, 0.3) is 0 Å². The van der Waals surface area contributed by atoms with Crippen LogP contribution in [0.5, 0.6) is 0 Å². The van der Waals surface area contributed by atoms with Gasteiger partial charge in [0.05, 0.1) is 0 Å². The largest absolute Gasteiger partial charge is 0.273 e. The molecular formula is C24H30N4O2. The summed E-state index contributed by atoms with van der Waals surface area (Å²) < 4.78 is 0. The number of carbonyl (C=O) groups is 2. The molecule has 2 aromatic carbocycles. The topological polar surface area (TPSA) is 82.9 Å². The summed E-state index contributed by atoms with van der Waals surface area (Å²) in [5.74, 6) is -0.568. The molecule has 0 aliphatic heterocycles. The summed E-state index contributed by atoms with van der Waals surface area (Å²) in [6.45, 7) is 4.00. The van der Waals surface area contributed by atoms with Crippen molar-refractivity contribution in [2.24, 2.45) is 10.2 Å². The summed E-state index contributed by atoms with van der Waals surface area (Å²) in [6.07, 6.45) is 2.99. The standard InChI is InChI=1S/C24H30N4O2/c1-3-21(17-19-11-7-5-8-12-19)25-27-23(29)15-16-24(30)28-26-22(4-2)18-20-13-9-6-10-14-20/h5-14H,3-4,15-18H2,1-2H3,(H,27,29)(H,28,30)/b25-21-,26-22-. The van der Waals surface area contributed by atoms with E-state index in [4.69, 9.17) is 0 Å². The summed E-state index contributed by atoms with van der Waals surface area (Å²) in [4.78, 5) is 24.0. The van der Waals surface area contributed by atoms with Crippen molar-refractivity contribution in [1.82, 2.24) is 10.9 Å². The van der Waals surface area contributed by atoms with E-state index in [-0.39, 0.29) is 24.7 Å². The Hall–Kier alpha value is -3.28. The average molecular weight is 407 g/mol. The molecule has 6 nitrogen and oxygen atoms in total. The zero-order valence-electron chi connectivity index (χ0n) is 17.7. The van der Waals surface area contributed by atoms with Gasteiger partial charge < -0.3 is 0 Å². The van der Waals surface area contributed by atoms with Crippen LogP contribution in [0.2, 0.25) is 0 Å². The molecule has 2 N–H and O–H groups in total. The molecule has 0 heterocycles. The predicted octanol–water partition coefficient (Wildman–Crippen LogP) is 4.02. The Labute approximate surface area is 178 Å². The van der Waals surface area contributed by atoms with Crippen molar-refractivity contribution in [3.63, 3.8) is 0 Å². The van der Waals surface area contributed by atoms with Gasteiger partial charge in [0, 0.05) is 37.1 Å². The summed E-state index contributed by atoms with van der Waals surface area (Å²) >= 11 is 0. The number of hydrogen-bond donors (Lipinski definition) is 2. The van der Waals surface area contributed by atoms with Crippen LogP contribution in [-0.2, 0) is 22.4 Å². The van der Waals surface area contributed by atoms with Crippen molar-refractivity contribution in [1.29, 1.82) is 0 Å². The molecule has 0 bridgehead atoms. The molecule has 0 atom stereocenters.